The van der Waals surface area contributed by atoms with Crippen LogP contribution in [0.1, 0.15) is 36.0 Å². The molecule has 104 valence electrons. The standard InChI is InChI=1S/C14H17BrO4/c1-18-10-3-2-4-11(8-10)19-13-7-9(14(16)17)5-6-12(13)15/h5-7,10-11H,2-4,8H2,1H3,(H,16,17). The number of carboxylic acids is 1. The quantitative estimate of drug-likeness (QED) is 0.919. The molecule has 2 atom stereocenters. The molecule has 1 aromatic rings. The predicted molar refractivity (Wildman–Crippen MR) is 74.8 cm³/mol. The van der Waals surface area contributed by atoms with E-state index in [4.69, 9.17) is 14.6 Å². The monoisotopic (exact) mass is 328 g/mol. The van der Waals surface area contributed by atoms with Crippen molar-refractivity contribution in [3.05, 3.63) is 28.2 Å². The molecule has 0 aromatic heterocycles. The molecule has 1 fully saturated rings. The van der Waals surface area contributed by atoms with E-state index in [1.54, 1.807) is 25.3 Å². The maximum absolute atomic E-state index is 11.0. The van der Waals surface area contributed by atoms with Gasteiger partial charge in [-0.3, -0.25) is 0 Å². The van der Waals surface area contributed by atoms with Crippen molar-refractivity contribution in [2.24, 2.45) is 0 Å². The molecular weight excluding hydrogens is 312 g/mol. The van der Waals surface area contributed by atoms with Crippen LogP contribution in [-0.4, -0.2) is 30.4 Å². The van der Waals surface area contributed by atoms with Gasteiger partial charge in [-0.2, -0.15) is 0 Å². The van der Waals surface area contributed by atoms with Gasteiger partial charge >= 0.3 is 5.97 Å². The fraction of sp³-hybridized carbons (Fsp3) is 0.500. The number of hydrogen-bond acceptors (Lipinski definition) is 3. The lowest BCUT2D eigenvalue weighted by atomic mass is 9.95. The van der Waals surface area contributed by atoms with Crippen molar-refractivity contribution in [1.29, 1.82) is 0 Å². The first kappa shape index (κ1) is 14.3. The molecule has 5 heteroatoms. The molecule has 1 aliphatic carbocycles. The molecule has 19 heavy (non-hydrogen) atoms. The second-order valence-electron chi connectivity index (χ2n) is 4.71. The van der Waals surface area contributed by atoms with Crippen LogP contribution in [-0.2, 0) is 4.74 Å². The van der Waals surface area contributed by atoms with Gasteiger partial charge in [-0.1, -0.05) is 0 Å². The topological polar surface area (TPSA) is 55.8 Å². The second kappa shape index (κ2) is 6.39. The van der Waals surface area contributed by atoms with Crippen LogP contribution in [0.5, 0.6) is 5.75 Å². The second-order valence-corrected chi connectivity index (χ2v) is 5.57. The molecule has 1 N–H and O–H groups in total. The molecule has 0 amide bonds. The maximum atomic E-state index is 11.0. The SMILES string of the molecule is COC1CCCC(Oc2cc(C(=O)O)ccc2Br)C1. The molecule has 0 radical (unpaired) electrons. The van der Waals surface area contributed by atoms with Crippen LogP contribution in [0.2, 0.25) is 0 Å². The first-order valence-corrected chi connectivity index (χ1v) is 7.11. The molecule has 1 aliphatic rings. The van der Waals surface area contributed by atoms with Gasteiger partial charge < -0.3 is 14.6 Å². The number of halogens is 1. The Morgan fingerprint density at radius 3 is 2.79 bits per heavy atom. The Morgan fingerprint density at radius 2 is 2.11 bits per heavy atom. The van der Waals surface area contributed by atoms with Gasteiger partial charge in [0.25, 0.3) is 0 Å². The van der Waals surface area contributed by atoms with Crippen molar-refractivity contribution in [2.75, 3.05) is 7.11 Å². The minimum Gasteiger partial charge on any atom is -0.489 e. The lowest BCUT2D eigenvalue weighted by Crippen LogP contribution is -2.29. The van der Waals surface area contributed by atoms with Gasteiger partial charge in [-0.05, 0) is 53.4 Å². The Bertz CT molecular complexity index is 461. The van der Waals surface area contributed by atoms with Crippen LogP contribution < -0.4 is 4.74 Å². The zero-order chi connectivity index (χ0) is 13.8. The first-order chi connectivity index (χ1) is 9.10. The predicted octanol–water partition coefficient (Wildman–Crippen LogP) is 3.48. The van der Waals surface area contributed by atoms with Crippen LogP contribution in [0.15, 0.2) is 22.7 Å². The highest BCUT2D eigenvalue weighted by Gasteiger charge is 2.23. The molecule has 0 bridgehead atoms. The fourth-order valence-corrected chi connectivity index (χ4v) is 2.67. The van der Waals surface area contributed by atoms with Crippen molar-refractivity contribution < 1.29 is 19.4 Å². The summed E-state index contributed by atoms with van der Waals surface area (Å²) in [4.78, 5) is 11.0. The van der Waals surface area contributed by atoms with E-state index in [2.05, 4.69) is 15.9 Å². The molecule has 4 nitrogen and oxygen atoms in total. The lowest BCUT2D eigenvalue weighted by Gasteiger charge is -2.29. The van der Waals surface area contributed by atoms with Crippen molar-refractivity contribution in [2.45, 2.75) is 37.9 Å². The summed E-state index contributed by atoms with van der Waals surface area (Å²) >= 11 is 3.39. The van der Waals surface area contributed by atoms with Crippen LogP contribution in [0.25, 0.3) is 0 Å². The summed E-state index contributed by atoms with van der Waals surface area (Å²) in [6.45, 7) is 0. The number of carboxylic acid groups (broad SMARTS) is 1. The summed E-state index contributed by atoms with van der Waals surface area (Å²) in [5.74, 6) is -0.364. The molecule has 0 heterocycles. The summed E-state index contributed by atoms with van der Waals surface area (Å²) in [7, 11) is 1.72. The van der Waals surface area contributed by atoms with Gasteiger partial charge in [0.15, 0.2) is 0 Å². The summed E-state index contributed by atoms with van der Waals surface area (Å²) in [6.07, 6.45) is 4.27. The molecule has 0 spiro atoms. The fourth-order valence-electron chi connectivity index (χ4n) is 2.33. The first-order valence-electron chi connectivity index (χ1n) is 6.32. The third-order valence-electron chi connectivity index (χ3n) is 3.38. The molecule has 0 saturated heterocycles. The van der Waals surface area contributed by atoms with Gasteiger partial charge in [0.1, 0.15) is 11.9 Å². The number of carbonyl (C=O) groups is 1. The van der Waals surface area contributed by atoms with Crippen LogP contribution >= 0.6 is 15.9 Å². The number of aromatic carboxylic acids is 1. The molecule has 2 rings (SSSR count). The Morgan fingerprint density at radius 1 is 1.37 bits per heavy atom. The summed E-state index contributed by atoms with van der Waals surface area (Å²) in [5.41, 5.74) is 0.234. The Balaban J connectivity index is 2.09. The minimum absolute atomic E-state index is 0.0824. The van der Waals surface area contributed by atoms with Crippen LogP contribution in [0.4, 0.5) is 0 Å². The Hall–Kier alpha value is -1.07. The van der Waals surface area contributed by atoms with E-state index in [0.717, 1.165) is 30.2 Å². The van der Waals surface area contributed by atoms with Crippen LogP contribution in [0, 0.1) is 0 Å². The van der Waals surface area contributed by atoms with Crippen LogP contribution in [0.3, 0.4) is 0 Å². The summed E-state index contributed by atoms with van der Waals surface area (Å²) in [6, 6.07) is 4.82. The smallest absolute Gasteiger partial charge is 0.335 e. The molecule has 0 aliphatic heterocycles. The molecule has 1 aromatic carbocycles. The van der Waals surface area contributed by atoms with Gasteiger partial charge in [-0.25, -0.2) is 4.79 Å². The number of rotatable bonds is 4. The van der Waals surface area contributed by atoms with Gasteiger partial charge in [0, 0.05) is 13.5 Å². The molecule has 1 saturated carbocycles. The maximum Gasteiger partial charge on any atom is 0.335 e. The Kier molecular flexibility index (Phi) is 4.82. The number of hydrogen-bond donors (Lipinski definition) is 1. The third-order valence-corrected chi connectivity index (χ3v) is 4.04. The number of methoxy groups -OCH3 is 1. The Labute approximate surface area is 120 Å². The average molecular weight is 329 g/mol. The normalized spacial score (nSPS) is 23.1. The van der Waals surface area contributed by atoms with E-state index in [9.17, 15) is 4.79 Å². The number of ether oxygens (including phenoxy) is 2. The zero-order valence-corrected chi connectivity index (χ0v) is 12.4. The van der Waals surface area contributed by atoms with E-state index in [0.29, 0.717) is 5.75 Å². The van der Waals surface area contributed by atoms with Crippen molar-refractivity contribution in [3.63, 3.8) is 0 Å². The highest BCUT2D eigenvalue weighted by atomic mass is 79.9. The third kappa shape index (κ3) is 3.70. The lowest BCUT2D eigenvalue weighted by molar-refractivity contribution is 0.0206. The number of benzene rings is 1. The van der Waals surface area contributed by atoms with Crippen molar-refractivity contribution in [3.8, 4) is 5.75 Å². The van der Waals surface area contributed by atoms with Gasteiger partial charge in [-0.15, -0.1) is 0 Å². The summed E-state index contributed by atoms with van der Waals surface area (Å²) < 4.78 is 12.1. The van der Waals surface area contributed by atoms with Gasteiger partial charge in [0.2, 0.25) is 0 Å². The van der Waals surface area contributed by atoms with E-state index in [-0.39, 0.29) is 17.8 Å². The van der Waals surface area contributed by atoms with E-state index in [1.165, 1.54) is 0 Å². The van der Waals surface area contributed by atoms with E-state index < -0.39 is 5.97 Å². The highest BCUT2D eigenvalue weighted by molar-refractivity contribution is 9.10. The average Bonchev–Trinajstić information content (AvgIpc) is 2.41. The molecular formula is C14H17BrO4. The summed E-state index contributed by atoms with van der Waals surface area (Å²) in [5, 5.41) is 9.00. The zero-order valence-electron chi connectivity index (χ0n) is 10.8. The van der Waals surface area contributed by atoms with Crippen molar-refractivity contribution in [1.82, 2.24) is 0 Å². The highest BCUT2D eigenvalue weighted by Crippen LogP contribution is 2.31. The minimum atomic E-state index is -0.948. The van der Waals surface area contributed by atoms with E-state index >= 15 is 0 Å². The van der Waals surface area contributed by atoms with Crippen molar-refractivity contribution >= 4 is 21.9 Å². The largest absolute Gasteiger partial charge is 0.489 e. The van der Waals surface area contributed by atoms with Gasteiger partial charge in [0.05, 0.1) is 16.1 Å². The molecule has 2 unspecified atom stereocenters. The van der Waals surface area contributed by atoms with E-state index in [1.807, 2.05) is 0 Å².